The second kappa shape index (κ2) is 13.9. The number of carbonyl (C=O) groups excluding carboxylic acids is 3. The van der Waals surface area contributed by atoms with Crippen molar-refractivity contribution in [1.82, 2.24) is 20.1 Å². The molecule has 0 saturated carbocycles. The Kier molecular flexibility index (Phi) is 10.4. The number of esters is 1. The Morgan fingerprint density at radius 3 is 2.46 bits per heavy atom. The average Bonchev–Trinajstić information content (AvgIpc) is 2.96. The van der Waals surface area contributed by atoms with Crippen molar-refractivity contribution in [2.45, 2.75) is 37.5 Å². The maximum absolute atomic E-state index is 13.0. The first kappa shape index (κ1) is 30.5. The molecule has 41 heavy (non-hydrogen) atoms. The third kappa shape index (κ3) is 8.07. The highest BCUT2D eigenvalue weighted by atomic mass is 35.5. The number of aromatic nitrogens is 1. The van der Waals surface area contributed by atoms with Crippen molar-refractivity contribution < 1.29 is 28.6 Å². The van der Waals surface area contributed by atoms with Crippen LogP contribution in [0.15, 0.2) is 30.3 Å². The zero-order valence-electron chi connectivity index (χ0n) is 23.5. The molecule has 3 heterocycles. The van der Waals surface area contributed by atoms with Crippen LogP contribution in [0.1, 0.15) is 40.0 Å². The molecule has 13 heteroatoms. The number of amides is 2. The van der Waals surface area contributed by atoms with Crippen LogP contribution in [0, 0.1) is 0 Å². The molecule has 0 spiro atoms. The van der Waals surface area contributed by atoms with Gasteiger partial charge in [0.25, 0.3) is 5.91 Å². The molecule has 2 saturated heterocycles. The summed E-state index contributed by atoms with van der Waals surface area (Å²) in [5.74, 6) is -0.811. The maximum atomic E-state index is 13.0. The zero-order chi connectivity index (χ0) is 29.5. The molecule has 12 nitrogen and oxygen atoms in total. The number of rotatable bonds is 9. The summed E-state index contributed by atoms with van der Waals surface area (Å²) in [7, 11) is 5.02. The Morgan fingerprint density at radius 1 is 1.10 bits per heavy atom. The van der Waals surface area contributed by atoms with Gasteiger partial charge in [-0.05, 0) is 56.6 Å². The Labute approximate surface area is 244 Å². The van der Waals surface area contributed by atoms with Gasteiger partial charge in [0, 0.05) is 39.0 Å². The van der Waals surface area contributed by atoms with Gasteiger partial charge in [-0.3, -0.25) is 14.5 Å². The molecule has 2 atom stereocenters. The second-order valence-electron chi connectivity index (χ2n) is 10.3. The number of benzene rings is 1. The van der Waals surface area contributed by atoms with Gasteiger partial charge in [0.05, 0.1) is 36.4 Å². The predicted octanol–water partition coefficient (Wildman–Crippen LogP) is 2.03. The van der Waals surface area contributed by atoms with E-state index in [0.29, 0.717) is 30.8 Å². The molecule has 1 aromatic carbocycles. The number of hydrogen-bond donors (Lipinski definition) is 3. The van der Waals surface area contributed by atoms with Gasteiger partial charge in [0.2, 0.25) is 11.8 Å². The highest BCUT2D eigenvalue weighted by molar-refractivity contribution is 6.33. The summed E-state index contributed by atoms with van der Waals surface area (Å²) in [6, 6.07) is 7.81. The summed E-state index contributed by atoms with van der Waals surface area (Å²) in [5.41, 5.74) is 6.92. The number of pyridine rings is 1. The molecule has 0 unspecified atom stereocenters. The minimum absolute atomic E-state index is 0.0671. The van der Waals surface area contributed by atoms with Gasteiger partial charge in [0.15, 0.2) is 0 Å². The van der Waals surface area contributed by atoms with E-state index in [2.05, 4.69) is 27.6 Å². The second-order valence-corrected chi connectivity index (χ2v) is 10.7. The largest absolute Gasteiger partial charge is 0.480 e. The van der Waals surface area contributed by atoms with E-state index in [1.807, 2.05) is 4.90 Å². The maximum Gasteiger partial charge on any atom is 0.338 e. The van der Waals surface area contributed by atoms with E-state index in [9.17, 15) is 14.4 Å². The van der Waals surface area contributed by atoms with Gasteiger partial charge in [-0.15, -0.1) is 0 Å². The van der Waals surface area contributed by atoms with Crippen LogP contribution in [-0.2, 0) is 14.3 Å². The van der Waals surface area contributed by atoms with Crippen molar-refractivity contribution in [2.24, 2.45) is 0 Å². The van der Waals surface area contributed by atoms with Crippen LogP contribution in [-0.4, -0.2) is 105 Å². The Balaban J connectivity index is 1.26. The first-order valence-electron chi connectivity index (χ1n) is 13.5. The fourth-order valence-corrected chi connectivity index (χ4v) is 5.14. The number of nitrogens with zero attached hydrogens (tertiary/aromatic N) is 3. The van der Waals surface area contributed by atoms with Crippen molar-refractivity contribution in [3.8, 4) is 5.88 Å². The average molecular weight is 589 g/mol. The minimum Gasteiger partial charge on any atom is -0.480 e. The number of anilines is 2. The number of nitrogen functional groups attached to an aromatic ring is 1. The number of nitrogens with one attached hydrogen (secondary N) is 2. The Morgan fingerprint density at radius 2 is 1.80 bits per heavy atom. The lowest BCUT2D eigenvalue weighted by atomic mass is 10.0. The van der Waals surface area contributed by atoms with Crippen molar-refractivity contribution >= 4 is 40.9 Å². The number of methoxy groups -OCH3 is 2. The summed E-state index contributed by atoms with van der Waals surface area (Å²) in [6.07, 6.45) is 1.80. The molecule has 0 radical (unpaired) electrons. The quantitative estimate of drug-likeness (QED) is 0.372. The molecular weight excluding hydrogens is 552 g/mol. The van der Waals surface area contributed by atoms with Gasteiger partial charge in [-0.1, -0.05) is 11.6 Å². The number of piperidine rings is 2. The number of ether oxygens (including phenoxy) is 3. The van der Waals surface area contributed by atoms with E-state index < -0.39 is 5.91 Å². The summed E-state index contributed by atoms with van der Waals surface area (Å²) < 4.78 is 16.5. The van der Waals surface area contributed by atoms with Crippen molar-refractivity contribution in [1.29, 1.82) is 0 Å². The first-order valence-corrected chi connectivity index (χ1v) is 13.9. The number of halogens is 1. The summed E-state index contributed by atoms with van der Waals surface area (Å²) in [5, 5.41) is 5.99. The molecule has 4 rings (SSSR count). The Bertz CT molecular complexity index is 1240. The zero-order valence-corrected chi connectivity index (χ0v) is 24.3. The highest BCUT2D eigenvalue weighted by Crippen LogP contribution is 2.26. The number of likely N-dealkylation sites (tertiary alicyclic amines) is 2. The Hall–Kier alpha value is -3.45. The van der Waals surface area contributed by atoms with Gasteiger partial charge < -0.3 is 35.5 Å². The van der Waals surface area contributed by atoms with E-state index >= 15 is 0 Å². The van der Waals surface area contributed by atoms with Crippen molar-refractivity contribution in [3.63, 3.8) is 0 Å². The van der Waals surface area contributed by atoms with Crippen molar-refractivity contribution in [2.75, 3.05) is 65.0 Å². The molecule has 1 aromatic heterocycles. The SMILES string of the molecule is COc1nc(N)c(Cl)cc1C(=O)N[C@@H]1CCN(CC(=O)Nc2ccc(C(=O)OC3CCN(C)CC3)cc2)C[C@@H]1OC. The highest BCUT2D eigenvalue weighted by Gasteiger charge is 2.32. The van der Waals surface area contributed by atoms with E-state index in [1.165, 1.54) is 13.2 Å². The third-order valence-electron chi connectivity index (χ3n) is 7.38. The first-order chi connectivity index (χ1) is 19.7. The van der Waals surface area contributed by atoms with Gasteiger partial charge >= 0.3 is 5.97 Å². The van der Waals surface area contributed by atoms with E-state index in [4.69, 9.17) is 31.5 Å². The van der Waals surface area contributed by atoms with Gasteiger partial charge in [-0.25, -0.2) is 4.79 Å². The smallest absolute Gasteiger partial charge is 0.338 e. The molecule has 2 aromatic rings. The van der Waals surface area contributed by atoms with Crippen LogP contribution in [0.2, 0.25) is 5.02 Å². The topological polar surface area (TPSA) is 148 Å². The lowest BCUT2D eigenvalue weighted by Crippen LogP contribution is -2.55. The monoisotopic (exact) mass is 588 g/mol. The molecule has 0 aliphatic carbocycles. The van der Waals surface area contributed by atoms with Crippen LogP contribution >= 0.6 is 11.6 Å². The van der Waals surface area contributed by atoms with Crippen LogP contribution in [0.25, 0.3) is 0 Å². The lowest BCUT2D eigenvalue weighted by Gasteiger charge is -2.37. The lowest BCUT2D eigenvalue weighted by molar-refractivity contribution is -0.118. The van der Waals surface area contributed by atoms with Gasteiger partial charge in [-0.2, -0.15) is 4.98 Å². The molecule has 2 aliphatic rings. The molecule has 4 N–H and O–H groups in total. The van der Waals surface area contributed by atoms with E-state index in [-0.39, 0.29) is 59.0 Å². The molecule has 2 fully saturated rings. The fourth-order valence-electron chi connectivity index (χ4n) is 4.99. The van der Waals surface area contributed by atoms with E-state index in [0.717, 1.165) is 25.9 Å². The standard InChI is InChI=1S/C28H37ClN6O6/c1-34-11-8-19(9-12-34)41-28(38)17-4-6-18(7-5-17)31-24(36)16-35-13-10-22(23(15-35)39-2)32-26(37)20-14-21(29)25(30)33-27(20)40-3/h4-7,14,19,22-23H,8-13,15-16H2,1-3H3,(H2,30,33)(H,31,36)(H,32,37)/t22-,23+/m1/s1. The van der Waals surface area contributed by atoms with Crippen LogP contribution in [0.4, 0.5) is 11.5 Å². The number of hydrogen-bond acceptors (Lipinski definition) is 10. The summed E-state index contributed by atoms with van der Waals surface area (Å²) in [4.78, 5) is 46.4. The van der Waals surface area contributed by atoms with Crippen LogP contribution in [0.3, 0.4) is 0 Å². The van der Waals surface area contributed by atoms with Crippen molar-refractivity contribution in [3.05, 3.63) is 46.5 Å². The molecule has 0 bridgehead atoms. The molecule has 2 amide bonds. The predicted molar refractivity (Wildman–Crippen MR) is 154 cm³/mol. The normalized spacial score (nSPS) is 20.3. The molecule has 222 valence electrons. The molecule has 2 aliphatic heterocycles. The summed E-state index contributed by atoms with van der Waals surface area (Å²) in [6.45, 7) is 2.97. The summed E-state index contributed by atoms with van der Waals surface area (Å²) >= 11 is 6.06. The molecular formula is C28H37ClN6O6. The minimum atomic E-state index is -0.409. The number of nitrogens with two attached hydrogens (primary N) is 1. The number of carbonyl (C=O) groups is 3. The fraction of sp³-hybridized carbons (Fsp3) is 0.500. The third-order valence-corrected chi connectivity index (χ3v) is 7.68. The van der Waals surface area contributed by atoms with Crippen LogP contribution in [0.5, 0.6) is 5.88 Å². The van der Waals surface area contributed by atoms with E-state index in [1.54, 1.807) is 31.4 Å². The van der Waals surface area contributed by atoms with Gasteiger partial charge in [0.1, 0.15) is 17.5 Å². The van der Waals surface area contributed by atoms with Crippen LogP contribution < -0.4 is 21.1 Å².